The van der Waals surface area contributed by atoms with E-state index in [1.54, 1.807) is 13.1 Å². The minimum Gasteiger partial charge on any atom is -0.462 e. The number of ether oxygens (including phenoxy) is 1. The number of benzene rings is 2. The van der Waals surface area contributed by atoms with Gasteiger partial charge >= 0.3 is 5.97 Å². The molecule has 0 fully saturated rings. The first-order valence-corrected chi connectivity index (χ1v) is 8.27. The molecule has 4 nitrogen and oxygen atoms in total. The van der Waals surface area contributed by atoms with Gasteiger partial charge in [0, 0.05) is 18.9 Å². The van der Waals surface area contributed by atoms with E-state index in [1.807, 2.05) is 65.4 Å². The van der Waals surface area contributed by atoms with E-state index in [2.05, 4.69) is 17.1 Å². The Morgan fingerprint density at radius 1 is 1.08 bits per heavy atom. The van der Waals surface area contributed by atoms with Crippen LogP contribution in [0.4, 0.5) is 0 Å². The number of carbonyl (C=O) groups excluding carboxylic acids is 1. The number of imidazole rings is 1. The van der Waals surface area contributed by atoms with Crippen LogP contribution in [0.25, 0.3) is 11.6 Å². The molecule has 0 atom stereocenters. The molecule has 0 aliphatic rings. The Hall–Kier alpha value is -3.14. The molecule has 126 valence electrons. The standard InChI is InChI=1S/C21H20N2O2/c1-2-25-21(24)19(15-17-9-5-3-6-10-17)20-22-13-14-23(20)16-18-11-7-4-8-12-18/h3-15H,2,16H2,1H3. The third-order valence-electron chi connectivity index (χ3n) is 3.76. The molecule has 0 unspecified atom stereocenters. The van der Waals surface area contributed by atoms with Crippen molar-refractivity contribution in [3.63, 3.8) is 0 Å². The number of esters is 1. The number of aromatic nitrogens is 2. The van der Waals surface area contributed by atoms with Crippen molar-refractivity contribution >= 4 is 17.6 Å². The maximum absolute atomic E-state index is 12.5. The lowest BCUT2D eigenvalue weighted by Crippen LogP contribution is -2.12. The minimum atomic E-state index is -0.369. The summed E-state index contributed by atoms with van der Waals surface area (Å²) in [4.78, 5) is 16.9. The monoisotopic (exact) mass is 332 g/mol. The zero-order chi connectivity index (χ0) is 17.5. The van der Waals surface area contributed by atoms with Crippen molar-refractivity contribution in [3.8, 4) is 0 Å². The van der Waals surface area contributed by atoms with E-state index in [0.29, 0.717) is 24.5 Å². The van der Waals surface area contributed by atoms with Gasteiger partial charge in [0.2, 0.25) is 0 Å². The number of rotatable bonds is 6. The average molecular weight is 332 g/mol. The van der Waals surface area contributed by atoms with Crippen LogP contribution in [-0.4, -0.2) is 22.1 Å². The zero-order valence-corrected chi connectivity index (χ0v) is 14.1. The van der Waals surface area contributed by atoms with Crippen molar-refractivity contribution in [2.75, 3.05) is 6.61 Å². The van der Waals surface area contributed by atoms with E-state index in [0.717, 1.165) is 11.1 Å². The lowest BCUT2D eigenvalue weighted by Gasteiger charge is -2.11. The maximum atomic E-state index is 12.5. The van der Waals surface area contributed by atoms with E-state index >= 15 is 0 Å². The summed E-state index contributed by atoms with van der Waals surface area (Å²) in [7, 11) is 0. The Morgan fingerprint density at radius 2 is 1.76 bits per heavy atom. The third kappa shape index (κ3) is 4.23. The van der Waals surface area contributed by atoms with Gasteiger partial charge in [-0.15, -0.1) is 0 Å². The first-order valence-electron chi connectivity index (χ1n) is 8.27. The largest absolute Gasteiger partial charge is 0.462 e. The summed E-state index contributed by atoms with van der Waals surface area (Å²) in [5, 5.41) is 0. The fourth-order valence-corrected chi connectivity index (χ4v) is 2.60. The van der Waals surface area contributed by atoms with E-state index in [9.17, 15) is 4.79 Å². The van der Waals surface area contributed by atoms with E-state index < -0.39 is 0 Å². The van der Waals surface area contributed by atoms with Crippen LogP contribution in [0.1, 0.15) is 23.9 Å². The molecule has 3 aromatic rings. The van der Waals surface area contributed by atoms with Crippen LogP contribution in [0, 0.1) is 0 Å². The topological polar surface area (TPSA) is 44.1 Å². The number of nitrogens with zero attached hydrogens (tertiary/aromatic N) is 2. The molecule has 0 spiro atoms. The molecule has 0 aliphatic heterocycles. The summed E-state index contributed by atoms with van der Waals surface area (Å²) >= 11 is 0. The SMILES string of the molecule is CCOC(=O)C(=Cc1ccccc1)c1nccn1Cc1ccccc1. The van der Waals surface area contributed by atoms with Gasteiger partial charge in [-0.2, -0.15) is 0 Å². The molecule has 25 heavy (non-hydrogen) atoms. The van der Waals surface area contributed by atoms with E-state index in [1.165, 1.54) is 0 Å². The second kappa shape index (κ2) is 8.11. The Labute approximate surface area is 147 Å². The van der Waals surface area contributed by atoms with Crippen molar-refractivity contribution in [2.24, 2.45) is 0 Å². The van der Waals surface area contributed by atoms with Crippen LogP contribution in [0.3, 0.4) is 0 Å². The predicted octanol–water partition coefficient (Wildman–Crippen LogP) is 4.04. The second-order valence-electron chi connectivity index (χ2n) is 5.55. The normalized spacial score (nSPS) is 11.3. The van der Waals surface area contributed by atoms with Crippen molar-refractivity contribution in [2.45, 2.75) is 13.5 Å². The van der Waals surface area contributed by atoms with Gasteiger partial charge in [0.15, 0.2) is 0 Å². The summed E-state index contributed by atoms with van der Waals surface area (Å²) in [6.07, 6.45) is 5.40. The Kier molecular flexibility index (Phi) is 5.42. The molecule has 0 aliphatic carbocycles. The van der Waals surface area contributed by atoms with Crippen molar-refractivity contribution in [1.29, 1.82) is 0 Å². The first kappa shape index (κ1) is 16.7. The molecule has 3 rings (SSSR count). The predicted molar refractivity (Wildman–Crippen MR) is 98.7 cm³/mol. The molecule has 2 aromatic carbocycles. The van der Waals surface area contributed by atoms with Gasteiger partial charge in [-0.1, -0.05) is 60.7 Å². The first-order chi connectivity index (χ1) is 12.3. The van der Waals surface area contributed by atoms with Gasteiger partial charge in [-0.25, -0.2) is 9.78 Å². The number of carbonyl (C=O) groups is 1. The zero-order valence-electron chi connectivity index (χ0n) is 14.1. The van der Waals surface area contributed by atoms with Gasteiger partial charge in [0.05, 0.1) is 6.61 Å². The van der Waals surface area contributed by atoms with Crippen LogP contribution in [0.15, 0.2) is 73.1 Å². The molecule has 0 saturated heterocycles. The number of hydrogen-bond acceptors (Lipinski definition) is 3. The summed E-state index contributed by atoms with van der Waals surface area (Å²) in [5.41, 5.74) is 2.53. The summed E-state index contributed by atoms with van der Waals surface area (Å²) in [5.74, 6) is 0.234. The fraction of sp³-hybridized carbons (Fsp3) is 0.143. The van der Waals surface area contributed by atoms with Gasteiger partial charge in [0.1, 0.15) is 11.4 Å². The summed E-state index contributed by atoms with van der Waals surface area (Å²) < 4.78 is 7.20. The molecule has 0 N–H and O–H groups in total. The van der Waals surface area contributed by atoms with Crippen molar-refractivity contribution in [1.82, 2.24) is 9.55 Å². The highest BCUT2D eigenvalue weighted by molar-refractivity contribution is 6.20. The average Bonchev–Trinajstić information content (AvgIpc) is 3.09. The van der Waals surface area contributed by atoms with Gasteiger partial charge < -0.3 is 9.30 Å². The fourth-order valence-electron chi connectivity index (χ4n) is 2.60. The molecular weight excluding hydrogens is 312 g/mol. The van der Waals surface area contributed by atoms with Crippen LogP contribution in [0.2, 0.25) is 0 Å². The maximum Gasteiger partial charge on any atom is 0.341 e. The summed E-state index contributed by atoms with van der Waals surface area (Å²) in [6.45, 7) is 2.76. The molecule has 1 aromatic heterocycles. The summed E-state index contributed by atoms with van der Waals surface area (Å²) in [6, 6.07) is 19.8. The Morgan fingerprint density at radius 3 is 2.44 bits per heavy atom. The second-order valence-corrected chi connectivity index (χ2v) is 5.55. The van der Waals surface area contributed by atoms with E-state index in [4.69, 9.17) is 4.74 Å². The van der Waals surface area contributed by atoms with Crippen LogP contribution >= 0.6 is 0 Å². The highest BCUT2D eigenvalue weighted by Gasteiger charge is 2.18. The van der Waals surface area contributed by atoms with Gasteiger partial charge in [-0.3, -0.25) is 0 Å². The lowest BCUT2D eigenvalue weighted by molar-refractivity contribution is -0.136. The molecular formula is C21H20N2O2. The van der Waals surface area contributed by atoms with Gasteiger partial charge in [0.25, 0.3) is 0 Å². The number of hydrogen-bond donors (Lipinski definition) is 0. The van der Waals surface area contributed by atoms with Crippen molar-refractivity contribution in [3.05, 3.63) is 90.0 Å². The Balaban J connectivity index is 1.98. The molecule has 0 radical (unpaired) electrons. The Bertz CT molecular complexity index is 852. The smallest absolute Gasteiger partial charge is 0.341 e. The third-order valence-corrected chi connectivity index (χ3v) is 3.76. The minimum absolute atomic E-state index is 0.324. The van der Waals surface area contributed by atoms with Gasteiger partial charge in [-0.05, 0) is 24.1 Å². The van der Waals surface area contributed by atoms with Crippen LogP contribution < -0.4 is 0 Å². The molecule has 0 amide bonds. The van der Waals surface area contributed by atoms with E-state index in [-0.39, 0.29) is 5.97 Å². The lowest BCUT2D eigenvalue weighted by atomic mass is 10.1. The van der Waals surface area contributed by atoms with Crippen LogP contribution in [0.5, 0.6) is 0 Å². The van der Waals surface area contributed by atoms with Crippen LogP contribution in [-0.2, 0) is 16.1 Å². The molecule has 1 heterocycles. The quantitative estimate of drug-likeness (QED) is 0.505. The highest BCUT2D eigenvalue weighted by atomic mass is 16.5. The molecule has 0 bridgehead atoms. The van der Waals surface area contributed by atoms with Crippen molar-refractivity contribution < 1.29 is 9.53 Å². The molecule has 4 heteroatoms. The highest BCUT2D eigenvalue weighted by Crippen LogP contribution is 2.20. The molecule has 0 saturated carbocycles.